The molecule has 0 fully saturated rings. The van der Waals surface area contributed by atoms with Crippen LogP contribution in [-0.4, -0.2) is 38.1 Å². The maximum absolute atomic E-state index is 12.3. The van der Waals surface area contributed by atoms with E-state index in [0.29, 0.717) is 16.3 Å². The Hall–Kier alpha value is -3.07. The third kappa shape index (κ3) is 4.56. The zero-order valence-corrected chi connectivity index (χ0v) is 16.1. The van der Waals surface area contributed by atoms with Gasteiger partial charge in [-0.25, -0.2) is 14.6 Å². The van der Waals surface area contributed by atoms with Crippen LogP contribution >= 0.6 is 11.3 Å². The molecule has 8 nitrogen and oxygen atoms in total. The van der Waals surface area contributed by atoms with Crippen LogP contribution in [0.15, 0.2) is 36.9 Å². The van der Waals surface area contributed by atoms with Crippen molar-refractivity contribution < 1.29 is 9.59 Å². The molecule has 2 heterocycles. The van der Waals surface area contributed by atoms with E-state index in [2.05, 4.69) is 25.7 Å². The Kier molecular flexibility index (Phi) is 5.60. The predicted molar refractivity (Wildman–Crippen MR) is 103 cm³/mol. The van der Waals surface area contributed by atoms with Gasteiger partial charge in [0.15, 0.2) is 0 Å². The second-order valence-electron chi connectivity index (χ2n) is 6.24. The number of thiazole rings is 1. The fourth-order valence-electron chi connectivity index (χ4n) is 2.36. The molecule has 0 atom stereocenters. The number of anilines is 1. The highest BCUT2D eigenvalue weighted by atomic mass is 32.1. The summed E-state index contributed by atoms with van der Waals surface area (Å²) in [5.41, 5.74) is 2.15. The number of amides is 2. The number of aromatic nitrogens is 4. The Morgan fingerprint density at radius 3 is 2.56 bits per heavy atom. The summed E-state index contributed by atoms with van der Waals surface area (Å²) >= 11 is 1.36. The molecule has 0 radical (unpaired) electrons. The van der Waals surface area contributed by atoms with Crippen molar-refractivity contribution in [2.24, 2.45) is 0 Å². The van der Waals surface area contributed by atoms with E-state index in [4.69, 9.17) is 0 Å². The predicted octanol–water partition coefficient (Wildman–Crippen LogP) is 2.52. The second kappa shape index (κ2) is 8.09. The molecular formula is C18H20N6O2S. The molecule has 2 N–H and O–H groups in total. The molecule has 1 aromatic carbocycles. The van der Waals surface area contributed by atoms with Gasteiger partial charge in [-0.15, -0.1) is 11.3 Å². The van der Waals surface area contributed by atoms with Crippen LogP contribution < -0.4 is 10.6 Å². The minimum absolute atomic E-state index is 0.113. The standard InChI is InChI=1S/C18H20N6O2S/c1-11(2)18-22-12(3)16(27-18)17(26)20-8-15(25)23-13-4-6-14(7-5-13)24-10-19-9-21-24/h4-7,9-11H,8H2,1-3H3,(H,20,26)(H,23,25). The van der Waals surface area contributed by atoms with E-state index >= 15 is 0 Å². The molecule has 0 spiro atoms. The Balaban J connectivity index is 1.54. The first-order chi connectivity index (χ1) is 12.9. The van der Waals surface area contributed by atoms with Crippen molar-refractivity contribution in [1.29, 1.82) is 0 Å². The lowest BCUT2D eigenvalue weighted by molar-refractivity contribution is -0.115. The quantitative estimate of drug-likeness (QED) is 0.680. The number of nitrogens with zero attached hydrogens (tertiary/aromatic N) is 4. The van der Waals surface area contributed by atoms with Gasteiger partial charge in [-0.3, -0.25) is 9.59 Å². The number of carbonyl (C=O) groups excluding carboxylic acids is 2. The summed E-state index contributed by atoms with van der Waals surface area (Å²) in [7, 11) is 0. The fourth-order valence-corrected chi connectivity index (χ4v) is 3.35. The van der Waals surface area contributed by atoms with Crippen LogP contribution in [0.1, 0.15) is 40.1 Å². The molecule has 27 heavy (non-hydrogen) atoms. The normalized spacial score (nSPS) is 10.8. The molecule has 140 valence electrons. The Bertz CT molecular complexity index is 931. The van der Waals surface area contributed by atoms with E-state index in [1.807, 2.05) is 26.0 Å². The van der Waals surface area contributed by atoms with Crippen molar-refractivity contribution in [2.45, 2.75) is 26.7 Å². The van der Waals surface area contributed by atoms with Gasteiger partial charge in [0, 0.05) is 11.6 Å². The van der Waals surface area contributed by atoms with E-state index in [0.717, 1.165) is 10.7 Å². The molecule has 3 aromatic rings. The van der Waals surface area contributed by atoms with E-state index in [-0.39, 0.29) is 24.3 Å². The summed E-state index contributed by atoms with van der Waals surface area (Å²) in [4.78, 5) is 33.2. The summed E-state index contributed by atoms with van der Waals surface area (Å²) in [5.74, 6) is -0.323. The fraction of sp³-hybridized carbons (Fsp3) is 0.278. The van der Waals surface area contributed by atoms with Gasteiger partial charge in [0.25, 0.3) is 5.91 Å². The van der Waals surface area contributed by atoms with Gasteiger partial charge >= 0.3 is 0 Å². The Morgan fingerprint density at radius 2 is 1.96 bits per heavy atom. The largest absolute Gasteiger partial charge is 0.342 e. The van der Waals surface area contributed by atoms with Crippen molar-refractivity contribution in [3.8, 4) is 5.69 Å². The van der Waals surface area contributed by atoms with Crippen molar-refractivity contribution in [3.63, 3.8) is 0 Å². The first kappa shape index (κ1) is 18.7. The van der Waals surface area contributed by atoms with E-state index in [9.17, 15) is 9.59 Å². The molecule has 0 aliphatic heterocycles. The Labute approximate surface area is 160 Å². The van der Waals surface area contributed by atoms with Crippen LogP contribution in [0.2, 0.25) is 0 Å². The van der Waals surface area contributed by atoms with Crippen molar-refractivity contribution in [1.82, 2.24) is 25.1 Å². The van der Waals surface area contributed by atoms with Gasteiger partial charge in [0.1, 0.15) is 17.5 Å². The molecule has 0 bridgehead atoms. The molecule has 2 amide bonds. The maximum Gasteiger partial charge on any atom is 0.263 e. The van der Waals surface area contributed by atoms with Gasteiger partial charge < -0.3 is 10.6 Å². The minimum Gasteiger partial charge on any atom is -0.342 e. The van der Waals surface area contributed by atoms with Gasteiger partial charge in [0.05, 0.1) is 22.9 Å². The van der Waals surface area contributed by atoms with Gasteiger partial charge in [-0.2, -0.15) is 5.10 Å². The van der Waals surface area contributed by atoms with Crippen molar-refractivity contribution >= 4 is 28.8 Å². The van der Waals surface area contributed by atoms with Gasteiger partial charge in [-0.1, -0.05) is 13.8 Å². The first-order valence-electron chi connectivity index (χ1n) is 8.44. The zero-order chi connectivity index (χ0) is 19.4. The molecule has 0 aliphatic rings. The monoisotopic (exact) mass is 384 g/mol. The van der Waals surface area contributed by atoms with Crippen molar-refractivity contribution in [3.05, 3.63) is 52.5 Å². The molecule has 0 saturated carbocycles. The third-order valence-electron chi connectivity index (χ3n) is 3.76. The minimum atomic E-state index is -0.303. The molecule has 0 unspecified atom stereocenters. The average Bonchev–Trinajstić information content (AvgIpc) is 3.30. The van der Waals surface area contributed by atoms with Crippen LogP contribution in [0.3, 0.4) is 0 Å². The highest BCUT2D eigenvalue weighted by Crippen LogP contribution is 2.24. The number of carbonyl (C=O) groups is 2. The van der Waals surface area contributed by atoms with E-state index in [1.54, 1.807) is 30.1 Å². The number of benzene rings is 1. The van der Waals surface area contributed by atoms with Crippen LogP contribution in [-0.2, 0) is 4.79 Å². The second-order valence-corrected chi connectivity index (χ2v) is 7.27. The van der Waals surface area contributed by atoms with Crippen LogP contribution in [0.25, 0.3) is 5.69 Å². The lowest BCUT2D eigenvalue weighted by atomic mass is 10.2. The summed E-state index contributed by atoms with van der Waals surface area (Å²) in [5, 5.41) is 10.3. The van der Waals surface area contributed by atoms with Gasteiger partial charge in [0.2, 0.25) is 5.91 Å². The number of hydrogen-bond donors (Lipinski definition) is 2. The lowest BCUT2D eigenvalue weighted by Gasteiger charge is -2.07. The lowest BCUT2D eigenvalue weighted by Crippen LogP contribution is -2.32. The van der Waals surface area contributed by atoms with E-state index < -0.39 is 0 Å². The SMILES string of the molecule is Cc1nc(C(C)C)sc1C(=O)NCC(=O)Nc1ccc(-n2cncn2)cc1. The topological polar surface area (TPSA) is 102 Å². The number of nitrogens with one attached hydrogen (secondary N) is 2. The summed E-state index contributed by atoms with van der Waals surface area (Å²) in [6.45, 7) is 5.75. The molecule has 3 rings (SSSR count). The van der Waals surface area contributed by atoms with Crippen LogP contribution in [0.4, 0.5) is 5.69 Å². The maximum atomic E-state index is 12.3. The third-order valence-corrected chi connectivity index (χ3v) is 5.21. The van der Waals surface area contributed by atoms with Gasteiger partial charge in [-0.05, 0) is 31.2 Å². The highest BCUT2D eigenvalue weighted by Gasteiger charge is 2.17. The first-order valence-corrected chi connectivity index (χ1v) is 9.26. The summed E-state index contributed by atoms with van der Waals surface area (Å²) < 4.78 is 1.62. The Morgan fingerprint density at radius 1 is 1.22 bits per heavy atom. The number of hydrogen-bond acceptors (Lipinski definition) is 6. The molecular weight excluding hydrogens is 364 g/mol. The van der Waals surface area contributed by atoms with Crippen LogP contribution in [0, 0.1) is 6.92 Å². The molecule has 0 saturated heterocycles. The molecule has 9 heteroatoms. The zero-order valence-electron chi connectivity index (χ0n) is 15.3. The summed E-state index contributed by atoms with van der Waals surface area (Å²) in [6, 6.07) is 7.16. The smallest absolute Gasteiger partial charge is 0.263 e. The average molecular weight is 384 g/mol. The van der Waals surface area contributed by atoms with Crippen molar-refractivity contribution in [2.75, 3.05) is 11.9 Å². The molecule has 2 aromatic heterocycles. The molecule has 0 aliphatic carbocycles. The number of rotatable bonds is 6. The van der Waals surface area contributed by atoms with Crippen LogP contribution in [0.5, 0.6) is 0 Å². The number of aryl methyl sites for hydroxylation is 1. The highest BCUT2D eigenvalue weighted by molar-refractivity contribution is 7.13. The van der Waals surface area contributed by atoms with E-state index in [1.165, 1.54) is 17.7 Å². The summed E-state index contributed by atoms with van der Waals surface area (Å²) in [6.07, 6.45) is 3.04.